The van der Waals surface area contributed by atoms with Gasteiger partial charge in [0.1, 0.15) is 16.1 Å². The molecule has 0 aliphatic rings. The van der Waals surface area contributed by atoms with E-state index in [1.54, 1.807) is 11.3 Å². The molecule has 0 aliphatic heterocycles. The summed E-state index contributed by atoms with van der Waals surface area (Å²) in [4.78, 5) is 10.4. The van der Waals surface area contributed by atoms with E-state index in [1.807, 2.05) is 7.05 Å². The van der Waals surface area contributed by atoms with E-state index < -0.39 is 0 Å². The van der Waals surface area contributed by atoms with Crippen molar-refractivity contribution in [1.29, 1.82) is 0 Å². The van der Waals surface area contributed by atoms with Crippen LogP contribution in [0.4, 0.5) is 0 Å². The first-order valence-corrected chi connectivity index (χ1v) is 7.59. The summed E-state index contributed by atoms with van der Waals surface area (Å²) in [5, 5.41) is 3.29. The Hall–Kier alpha value is -1.16. The van der Waals surface area contributed by atoms with Crippen LogP contribution in [-0.4, -0.2) is 16.6 Å². The summed E-state index contributed by atoms with van der Waals surface area (Å²) < 4.78 is 2.30. The number of nitrogens with zero attached hydrogens (tertiary/aromatic N) is 3. The van der Waals surface area contributed by atoms with Gasteiger partial charge in [-0.25, -0.2) is 4.98 Å². The van der Waals surface area contributed by atoms with Crippen molar-refractivity contribution in [2.24, 2.45) is 4.99 Å². The minimum atomic E-state index is 1.00. The van der Waals surface area contributed by atoms with Gasteiger partial charge in [0.2, 0.25) is 0 Å². The molecule has 2 aromatic rings. The van der Waals surface area contributed by atoms with E-state index >= 15 is 0 Å². The summed E-state index contributed by atoms with van der Waals surface area (Å²) in [5.41, 5.74) is 1.09. The summed E-state index contributed by atoms with van der Waals surface area (Å²) in [6.45, 7) is 5.43. The first-order valence-electron chi connectivity index (χ1n) is 6.71. The normalized spacial score (nSPS) is 12.5. The molecule has 0 aromatic carbocycles. The number of thiophene rings is 1. The minimum Gasteiger partial charge on any atom is -0.314 e. The van der Waals surface area contributed by atoms with Crippen LogP contribution in [0.25, 0.3) is 10.2 Å². The van der Waals surface area contributed by atoms with E-state index in [0.29, 0.717) is 0 Å². The highest BCUT2D eigenvalue weighted by Gasteiger charge is 2.09. The highest BCUT2D eigenvalue weighted by atomic mass is 32.1. The van der Waals surface area contributed by atoms with Crippen molar-refractivity contribution in [2.75, 3.05) is 7.05 Å². The van der Waals surface area contributed by atoms with E-state index in [4.69, 9.17) is 4.98 Å². The third kappa shape index (κ3) is 2.48. The summed E-state index contributed by atoms with van der Waals surface area (Å²) in [6, 6.07) is 2.13. The van der Waals surface area contributed by atoms with Gasteiger partial charge in [-0.2, -0.15) is 0 Å². The van der Waals surface area contributed by atoms with Crippen molar-refractivity contribution < 1.29 is 0 Å². The molecule has 0 spiro atoms. The molecule has 0 amide bonds. The molecule has 0 radical (unpaired) electrons. The number of hydrogen-bond donors (Lipinski definition) is 0. The lowest BCUT2D eigenvalue weighted by molar-refractivity contribution is 0.583. The zero-order valence-electron chi connectivity index (χ0n) is 11.4. The Morgan fingerprint density at radius 3 is 2.83 bits per heavy atom. The standard InChI is InChI=1S/C14H21N3S/c1-4-6-7-12-16-14-11(8-10-18-14)13(15-3)17(12)9-5-2/h8,10H,4-7,9H2,1-3H3. The van der Waals surface area contributed by atoms with Crippen LogP contribution in [0.2, 0.25) is 0 Å². The lowest BCUT2D eigenvalue weighted by Gasteiger charge is -2.13. The molecule has 0 unspecified atom stereocenters. The number of hydrogen-bond acceptors (Lipinski definition) is 3. The van der Waals surface area contributed by atoms with Gasteiger partial charge in [0.05, 0.1) is 5.39 Å². The van der Waals surface area contributed by atoms with Gasteiger partial charge in [-0.1, -0.05) is 20.3 Å². The quantitative estimate of drug-likeness (QED) is 0.813. The average Bonchev–Trinajstić information content (AvgIpc) is 2.84. The molecule has 2 aromatic heterocycles. The largest absolute Gasteiger partial charge is 0.314 e. The van der Waals surface area contributed by atoms with Gasteiger partial charge < -0.3 is 4.57 Å². The second-order valence-electron chi connectivity index (χ2n) is 4.47. The third-order valence-corrected chi connectivity index (χ3v) is 3.90. The fourth-order valence-corrected chi connectivity index (χ4v) is 3.01. The smallest absolute Gasteiger partial charge is 0.139 e. The third-order valence-electron chi connectivity index (χ3n) is 3.10. The molecule has 0 fully saturated rings. The monoisotopic (exact) mass is 263 g/mol. The number of aromatic nitrogens is 2. The molecule has 2 heterocycles. The van der Waals surface area contributed by atoms with Gasteiger partial charge in [0.15, 0.2) is 0 Å². The zero-order valence-corrected chi connectivity index (χ0v) is 12.3. The second kappa shape index (κ2) is 6.14. The van der Waals surface area contributed by atoms with Crippen molar-refractivity contribution in [3.8, 4) is 0 Å². The Bertz CT molecular complexity index is 580. The average molecular weight is 263 g/mol. The van der Waals surface area contributed by atoms with Crippen LogP contribution in [-0.2, 0) is 13.0 Å². The van der Waals surface area contributed by atoms with Gasteiger partial charge in [0.25, 0.3) is 0 Å². The van der Waals surface area contributed by atoms with E-state index in [2.05, 4.69) is 34.9 Å². The molecule has 0 bridgehead atoms. The highest BCUT2D eigenvalue weighted by Crippen LogP contribution is 2.16. The first kappa shape index (κ1) is 13.3. The van der Waals surface area contributed by atoms with Crippen LogP contribution >= 0.6 is 11.3 Å². The van der Waals surface area contributed by atoms with Crippen LogP contribution in [0.5, 0.6) is 0 Å². The Balaban J connectivity index is 2.62. The Morgan fingerprint density at radius 2 is 2.17 bits per heavy atom. The van der Waals surface area contributed by atoms with Crippen molar-refractivity contribution in [2.45, 2.75) is 46.1 Å². The maximum atomic E-state index is 4.82. The topological polar surface area (TPSA) is 30.2 Å². The lowest BCUT2D eigenvalue weighted by atomic mass is 10.2. The van der Waals surface area contributed by atoms with Crippen LogP contribution in [0.3, 0.4) is 0 Å². The molecular weight excluding hydrogens is 242 g/mol. The molecule has 0 atom stereocenters. The molecule has 98 valence electrons. The second-order valence-corrected chi connectivity index (χ2v) is 5.36. The van der Waals surface area contributed by atoms with Crippen LogP contribution < -0.4 is 5.49 Å². The van der Waals surface area contributed by atoms with Gasteiger partial charge in [-0.3, -0.25) is 4.99 Å². The SMILES string of the molecule is CCCCc1nc2sccc2c(=NC)n1CCC. The van der Waals surface area contributed by atoms with Gasteiger partial charge in [-0.05, 0) is 24.3 Å². The molecule has 18 heavy (non-hydrogen) atoms. The molecule has 0 saturated carbocycles. The number of fused-ring (bicyclic) bond motifs is 1. The molecule has 0 N–H and O–H groups in total. The molecule has 4 heteroatoms. The van der Waals surface area contributed by atoms with Crippen molar-refractivity contribution in [1.82, 2.24) is 9.55 Å². The van der Waals surface area contributed by atoms with Crippen molar-refractivity contribution in [3.05, 3.63) is 22.8 Å². The fraction of sp³-hybridized carbons (Fsp3) is 0.571. The van der Waals surface area contributed by atoms with Crippen LogP contribution in [0, 0.1) is 0 Å². The first-order chi connectivity index (χ1) is 8.81. The van der Waals surface area contributed by atoms with Gasteiger partial charge >= 0.3 is 0 Å². The molecule has 0 aliphatic carbocycles. The molecule has 0 saturated heterocycles. The van der Waals surface area contributed by atoms with E-state index in [1.165, 1.54) is 24.1 Å². The molecule has 2 rings (SSSR count). The maximum Gasteiger partial charge on any atom is 0.139 e. The zero-order chi connectivity index (χ0) is 13.0. The maximum absolute atomic E-state index is 4.82. The van der Waals surface area contributed by atoms with Crippen LogP contribution in [0.1, 0.15) is 38.9 Å². The highest BCUT2D eigenvalue weighted by molar-refractivity contribution is 7.16. The summed E-state index contributed by atoms with van der Waals surface area (Å²) in [5.74, 6) is 1.19. The van der Waals surface area contributed by atoms with E-state index in [9.17, 15) is 0 Å². The number of aryl methyl sites for hydroxylation is 1. The summed E-state index contributed by atoms with van der Waals surface area (Å²) >= 11 is 1.71. The Labute approximate surface area is 112 Å². The number of unbranched alkanes of at least 4 members (excludes halogenated alkanes) is 1. The van der Waals surface area contributed by atoms with Gasteiger partial charge in [0, 0.05) is 20.0 Å². The fourth-order valence-electron chi connectivity index (χ4n) is 2.23. The van der Waals surface area contributed by atoms with Crippen molar-refractivity contribution >= 4 is 21.6 Å². The minimum absolute atomic E-state index is 1.00. The number of rotatable bonds is 5. The van der Waals surface area contributed by atoms with Crippen molar-refractivity contribution in [3.63, 3.8) is 0 Å². The predicted molar refractivity (Wildman–Crippen MR) is 78.0 cm³/mol. The van der Waals surface area contributed by atoms with Crippen LogP contribution in [0.15, 0.2) is 16.4 Å². The Kier molecular flexibility index (Phi) is 4.53. The summed E-state index contributed by atoms with van der Waals surface area (Å²) in [6.07, 6.45) is 4.56. The molecule has 3 nitrogen and oxygen atoms in total. The van der Waals surface area contributed by atoms with Gasteiger partial charge in [-0.15, -0.1) is 11.3 Å². The Morgan fingerprint density at radius 1 is 1.33 bits per heavy atom. The van der Waals surface area contributed by atoms with E-state index in [0.717, 1.165) is 29.7 Å². The lowest BCUT2D eigenvalue weighted by Crippen LogP contribution is -2.26. The molecular formula is C14H21N3S. The predicted octanol–water partition coefficient (Wildman–Crippen LogP) is 3.38. The van der Waals surface area contributed by atoms with E-state index in [-0.39, 0.29) is 0 Å². The summed E-state index contributed by atoms with van der Waals surface area (Å²) in [7, 11) is 1.88.